The summed E-state index contributed by atoms with van der Waals surface area (Å²) in [5.41, 5.74) is 0. The van der Waals surface area contributed by atoms with Gasteiger partial charge in [0.05, 0.1) is 13.5 Å². The molecule has 0 N–H and O–H groups in total. The zero-order valence-electron chi connectivity index (χ0n) is 8.42. The van der Waals surface area contributed by atoms with Gasteiger partial charge in [-0.3, -0.25) is 9.59 Å². The molecule has 14 heavy (non-hydrogen) atoms. The number of halogens is 1. The van der Waals surface area contributed by atoms with Crippen LogP contribution >= 0.6 is 15.9 Å². The highest BCUT2D eigenvalue weighted by molar-refractivity contribution is 9.09. The van der Waals surface area contributed by atoms with E-state index in [4.69, 9.17) is 4.74 Å². The van der Waals surface area contributed by atoms with E-state index >= 15 is 0 Å². The molecule has 0 saturated carbocycles. The Labute approximate surface area is 92.1 Å². The molecule has 5 heteroatoms. The second-order valence-corrected chi connectivity index (χ2v) is 3.44. The van der Waals surface area contributed by atoms with Crippen molar-refractivity contribution in [2.45, 2.75) is 32.3 Å². The number of esters is 2. The van der Waals surface area contributed by atoms with Crippen molar-refractivity contribution in [3.05, 3.63) is 0 Å². The van der Waals surface area contributed by atoms with Crippen LogP contribution in [-0.4, -0.2) is 30.5 Å². The lowest BCUT2D eigenvalue weighted by Crippen LogP contribution is -2.23. The summed E-state index contributed by atoms with van der Waals surface area (Å²) in [6.07, 6.45) is 0.787. The number of hydrogen-bond donors (Lipinski definition) is 0. The molecule has 0 rings (SSSR count). The van der Waals surface area contributed by atoms with Crippen LogP contribution in [0.5, 0.6) is 0 Å². The summed E-state index contributed by atoms with van der Waals surface area (Å²) >= 11 is 3.17. The Bertz CT molecular complexity index is 193. The van der Waals surface area contributed by atoms with Crippen LogP contribution in [0.2, 0.25) is 0 Å². The fraction of sp³-hybridized carbons (Fsp3) is 0.778. The Balaban J connectivity index is 3.89. The van der Waals surface area contributed by atoms with Crippen LogP contribution in [0.25, 0.3) is 0 Å². The lowest BCUT2D eigenvalue weighted by atomic mass is 10.3. The van der Waals surface area contributed by atoms with Gasteiger partial charge in [-0.1, -0.05) is 22.9 Å². The van der Waals surface area contributed by atoms with Crippen molar-refractivity contribution in [2.24, 2.45) is 0 Å². The van der Waals surface area contributed by atoms with E-state index in [1.54, 1.807) is 0 Å². The highest BCUT2D eigenvalue weighted by Gasteiger charge is 2.16. The highest BCUT2D eigenvalue weighted by Crippen LogP contribution is 2.06. The van der Waals surface area contributed by atoms with Crippen molar-refractivity contribution in [2.75, 3.05) is 12.4 Å². The number of ether oxygens (including phenoxy) is 2. The van der Waals surface area contributed by atoms with E-state index < -0.39 is 6.10 Å². The zero-order chi connectivity index (χ0) is 11.0. The molecule has 0 amide bonds. The van der Waals surface area contributed by atoms with Crippen molar-refractivity contribution in [1.29, 1.82) is 0 Å². The van der Waals surface area contributed by atoms with Crippen LogP contribution in [0.4, 0.5) is 0 Å². The number of alkyl halides is 1. The molecule has 0 saturated heterocycles. The van der Waals surface area contributed by atoms with Gasteiger partial charge in [0.25, 0.3) is 0 Å². The molecule has 4 nitrogen and oxygen atoms in total. The minimum atomic E-state index is -0.429. The second kappa shape index (κ2) is 7.79. The molecule has 82 valence electrons. The Morgan fingerprint density at radius 2 is 2.00 bits per heavy atom. The quantitative estimate of drug-likeness (QED) is 0.542. The van der Waals surface area contributed by atoms with Crippen LogP contribution in [0.15, 0.2) is 0 Å². The molecule has 0 radical (unpaired) electrons. The fourth-order valence-electron chi connectivity index (χ4n) is 0.846. The molecule has 1 atom stereocenters. The molecule has 0 heterocycles. The Hall–Kier alpha value is -0.580. The molecular weight excluding hydrogens is 252 g/mol. The van der Waals surface area contributed by atoms with Crippen molar-refractivity contribution in [3.63, 3.8) is 0 Å². The molecule has 0 aromatic rings. The first-order chi connectivity index (χ1) is 6.63. The molecule has 0 fully saturated rings. The van der Waals surface area contributed by atoms with Gasteiger partial charge in [0.2, 0.25) is 0 Å². The molecule has 0 spiro atoms. The molecule has 0 bridgehead atoms. The Morgan fingerprint density at radius 3 is 2.43 bits per heavy atom. The van der Waals surface area contributed by atoms with Gasteiger partial charge in [0.15, 0.2) is 0 Å². The third-order valence-electron chi connectivity index (χ3n) is 1.55. The number of hydrogen-bond acceptors (Lipinski definition) is 4. The molecule has 0 aliphatic carbocycles. The van der Waals surface area contributed by atoms with E-state index in [-0.39, 0.29) is 18.4 Å². The van der Waals surface area contributed by atoms with Gasteiger partial charge >= 0.3 is 11.9 Å². The lowest BCUT2D eigenvalue weighted by molar-refractivity contribution is -0.152. The summed E-state index contributed by atoms with van der Waals surface area (Å²) in [5, 5.41) is 0.442. The Morgan fingerprint density at radius 1 is 1.36 bits per heavy atom. The monoisotopic (exact) mass is 266 g/mol. The predicted molar refractivity (Wildman–Crippen MR) is 55.2 cm³/mol. The average molecular weight is 267 g/mol. The predicted octanol–water partition coefficient (Wildman–Crippen LogP) is 1.66. The smallest absolute Gasteiger partial charge is 0.309 e. The van der Waals surface area contributed by atoms with Crippen molar-refractivity contribution < 1.29 is 19.1 Å². The van der Waals surface area contributed by atoms with E-state index in [2.05, 4.69) is 20.7 Å². The molecule has 0 aromatic carbocycles. The van der Waals surface area contributed by atoms with Gasteiger partial charge < -0.3 is 9.47 Å². The van der Waals surface area contributed by atoms with Crippen molar-refractivity contribution in [1.82, 2.24) is 0 Å². The maximum atomic E-state index is 11.1. The number of rotatable bonds is 6. The highest BCUT2D eigenvalue weighted by atomic mass is 79.9. The van der Waals surface area contributed by atoms with Gasteiger partial charge in [-0.15, -0.1) is 0 Å². The SMILES string of the molecule is CCCC(=O)OC(CBr)CC(=O)OC. The second-order valence-electron chi connectivity index (χ2n) is 2.80. The van der Waals surface area contributed by atoms with Crippen molar-refractivity contribution in [3.8, 4) is 0 Å². The number of methoxy groups -OCH3 is 1. The number of carbonyl (C=O) groups excluding carboxylic acids is 2. The van der Waals surface area contributed by atoms with Crippen LogP contribution in [0, 0.1) is 0 Å². The summed E-state index contributed by atoms with van der Waals surface area (Å²) in [6, 6.07) is 0. The maximum absolute atomic E-state index is 11.1. The van der Waals surface area contributed by atoms with E-state index in [1.807, 2.05) is 6.92 Å². The lowest BCUT2D eigenvalue weighted by Gasteiger charge is -2.13. The molecule has 1 unspecified atom stereocenters. The van der Waals surface area contributed by atoms with Gasteiger partial charge in [-0.2, -0.15) is 0 Å². The van der Waals surface area contributed by atoms with Crippen LogP contribution in [0.3, 0.4) is 0 Å². The van der Waals surface area contributed by atoms with Crippen LogP contribution < -0.4 is 0 Å². The average Bonchev–Trinajstić information content (AvgIpc) is 2.16. The largest absolute Gasteiger partial charge is 0.469 e. The van der Waals surface area contributed by atoms with E-state index in [9.17, 15) is 9.59 Å². The summed E-state index contributed by atoms with van der Waals surface area (Å²) in [4.78, 5) is 22.0. The summed E-state index contributed by atoms with van der Waals surface area (Å²) in [5.74, 6) is -0.653. The number of carbonyl (C=O) groups is 2. The molecule has 0 aliphatic heterocycles. The molecular formula is C9H15BrO4. The first-order valence-electron chi connectivity index (χ1n) is 4.46. The normalized spacial score (nSPS) is 11.9. The third-order valence-corrected chi connectivity index (χ3v) is 2.27. The molecule has 0 aliphatic rings. The summed E-state index contributed by atoms with van der Waals surface area (Å²) in [6.45, 7) is 1.89. The summed E-state index contributed by atoms with van der Waals surface area (Å²) in [7, 11) is 1.31. The summed E-state index contributed by atoms with van der Waals surface area (Å²) < 4.78 is 9.50. The molecule has 0 aromatic heterocycles. The first kappa shape index (κ1) is 13.4. The van der Waals surface area contributed by atoms with Gasteiger partial charge in [0.1, 0.15) is 6.10 Å². The third kappa shape index (κ3) is 5.96. The Kier molecular flexibility index (Phi) is 7.47. The minimum Gasteiger partial charge on any atom is -0.469 e. The van der Waals surface area contributed by atoms with Gasteiger partial charge in [-0.25, -0.2) is 0 Å². The van der Waals surface area contributed by atoms with E-state index in [1.165, 1.54) is 7.11 Å². The van der Waals surface area contributed by atoms with Crippen LogP contribution in [0.1, 0.15) is 26.2 Å². The van der Waals surface area contributed by atoms with Crippen LogP contribution in [-0.2, 0) is 19.1 Å². The maximum Gasteiger partial charge on any atom is 0.309 e. The van der Waals surface area contributed by atoms with Gasteiger partial charge in [0, 0.05) is 11.8 Å². The van der Waals surface area contributed by atoms with E-state index in [0.29, 0.717) is 11.8 Å². The fourth-order valence-corrected chi connectivity index (χ4v) is 1.21. The zero-order valence-corrected chi connectivity index (χ0v) is 10.0. The standard InChI is InChI=1S/C9H15BrO4/c1-3-4-8(11)14-7(6-10)5-9(12)13-2/h7H,3-6H2,1-2H3. The minimum absolute atomic E-state index is 0.0944. The van der Waals surface area contributed by atoms with Gasteiger partial charge in [-0.05, 0) is 6.42 Å². The first-order valence-corrected chi connectivity index (χ1v) is 5.58. The van der Waals surface area contributed by atoms with Crippen molar-refractivity contribution >= 4 is 27.9 Å². The topological polar surface area (TPSA) is 52.6 Å². The van der Waals surface area contributed by atoms with E-state index in [0.717, 1.165) is 6.42 Å².